The molecule has 4 rings (SSSR count). The van der Waals surface area contributed by atoms with Gasteiger partial charge in [0.25, 0.3) is 0 Å². The van der Waals surface area contributed by atoms with Crippen LogP contribution in [0, 0.1) is 5.92 Å². The van der Waals surface area contributed by atoms with E-state index in [0.717, 1.165) is 37.8 Å². The molecule has 0 radical (unpaired) electrons. The van der Waals surface area contributed by atoms with Gasteiger partial charge >= 0.3 is 6.03 Å². The molecule has 2 amide bonds. The van der Waals surface area contributed by atoms with Crippen molar-refractivity contribution in [2.45, 2.75) is 56.8 Å². The smallest absolute Gasteiger partial charge is 0.322 e. The van der Waals surface area contributed by atoms with Crippen molar-refractivity contribution in [2.75, 3.05) is 34.3 Å². The van der Waals surface area contributed by atoms with Crippen LogP contribution in [0.15, 0.2) is 60.7 Å². The van der Waals surface area contributed by atoms with Gasteiger partial charge in [0.2, 0.25) is 0 Å². The monoisotopic (exact) mass is 449 g/mol. The zero-order valence-corrected chi connectivity index (χ0v) is 20.8. The van der Waals surface area contributed by atoms with Gasteiger partial charge in [0.05, 0.1) is 5.54 Å². The maximum absolute atomic E-state index is 13.8. The van der Waals surface area contributed by atoms with Gasteiger partial charge in [-0.15, -0.1) is 0 Å². The number of rotatable bonds is 7. The van der Waals surface area contributed by atoms with Gasteiger partial charge in [-0.3, -0.25) is 9.80 Å². The first-order chi connectivity index (χ1) is 15.8. The molecule has 0 bridgehead atoms. The van der Waals surface area contributed by atoms with Gasteiger partial charge < -0.3 is 9.64 Å². The molecule has 2 aromatic carbocycles. The summed E-state index contributed by atoms with van der Waals surface area (Å²) in [6.07, 6.45) is 3.67. The highest BCUT2D eigenvalue weighted by Gasteiger charge is 2.55. The molecule has 33 heavy (non-hydrogen) atoms. The first-order valence-corrected chi connectivity index (χ1v) is 12.2. The molecule has 2 aromatic rings. The number of amides is 2. The molecule has 0 aromatic heterocycles. The third-order valence-corrected chi connectivity index (χ3v) is 7.83. The van der Waals surface area contributed by atoms with Crippen LogP contribution in [-0.2, 0) is 10.3 Å². The van der Waals surface area contributed by atoms with Gasteiger partial charge in [-0.25, -0.2) is 4.79 Å². The Bertz CT molecular complexity index is 921. The summed E-state index contributed by atoms with van der Waals surface area (Å²) in [5.74, 6) is 0.415. The van der Waals surface area contributed by atoms with Crippen LogP contribution in [0.3, 0.4) is 0 Å². The standard InChI is InChI=1S/C28H39N3O2/c1-22(2)20-31-26(32)30(25(33-5)23-12-8-6-9-13-23)21-27(31)16-18-28(19-17-27,29(3)4)24-14-10-7-11-15-24/h6-15,22,25H,16-21H2,1-5H3. The first kappa shape index (κ1) is 23.8. The average Bonchev–Trinajstić information content (AvgIpc) is 3.07. The molecule has 5 nitrogen and oxygen atoms in total. The Hall–Kier alpha value is -2.37. The normalized spacial score (nSPS) is 26.6. The van der Waals surface area contributed by atoms with Crippen molar-refractivity contribution < 1.29 is 9.53 Å². The first-order valence-electron chi connectivity index (χ1n) is 12.2. The van der Waals surface area contributed by atoms with Crippen molar-refractivity contribution in [3.05, 3.63) is 71.8 Å². The molecule has 1 aliphatic carbocycles. The maximum Gasteiger partial charge on any atom is 0.322 e. The van der Waals surface area contributed by atoms with Gasteiger partial charge in [0.15, 0.2) is 6.23 Å². The van der Waals surface area contributed by atoms with Crippen LogP contribution in [0.5, 0.6) is 0 Å². The average molecular weight is 450 g/mol. The second kappa shape index (κ2) is 9.47. The van der Waals surface area contributed by atoms with Gasteiger partial charge in [-0.2, -0.15) is 0 Å². The summed E-state index contributed by atoms with van der Waals surface area (Å²) in [6, 6.07) is 21.1. The number of benzene rings is 2. The summed E-state index contributed by atoms with van der Waals surface area (Å²) in [7, 11) is 6.09. The summed E-state index contributed by atoms with van der Waals surface area (Å²) in [6.45, 7) is 5.89. The SMILES string of the molecule is COC(c1ccccc1)N1CC2(CCC(c3ccccc3)(N(C)C)CC2)N(CC(C)C)C1=O. The topological polar surface area (TPSA) is 36.0 Å². The highest BCUT2D eigenvalue weighted by Crippen LogP contribution is 2.50. The molecular formula is C28H39N3O2. The van der Waals surface area contributed by atoms with Crippen molar-refractivity contribution in [3.63, 3.8) is 0 Å². The summed E-state index contributed by atoms with van der Waals surface area (Å²) >= 11 is 0. The van der Waals surface area contributed by atoms with E-state index in [0.29, 0.717) is 12.5 Å². The Balaban J connectivity index is 1.65. The van der Waals surface area contributed by atoms with E-state index >= 15 is 0 Å². The van der Waals surface area contributed by atoms with Gasteiger partial charge in [-0.05, 0) is 51.3 Å². The minimum Gasteiger partial charge on any atom is -0.357 e. The van der Waals surface area contributed by atoms with Crippen LogP contribution in [0.1, 0.15) is 56.9 Å². The van der Waals surface area contributed by atoms with E-state index in [-0.39, 0.29) is 23.3 Å². The number of urea groups is 1. The minimum atomic E-state index is -0.359. The fraction of sp³-hybridized carbons (Fsp3) is 0.536. The Morgan fingerprint density at radius 1 is 0.939 bits per heavy atom. The van der Waals surface area contributed by atoms with Crippen LogP contribution < -0.4 is 0 Å². The van der Waals surface area contributed by atoms with Crippen LogP contribution in [-0.4, -0.2) is 60.6 Å². The van der Waals surface area contributed by atoms with E-state index in [9.17, 15) is 4.79 Å². The lowest BCUT2D eigenvalue weighted by Crippen LogP contribution is -2.56. The molecule has 0 N–H and O–H groups in total. The third-order valence-electron chi connectivity index (χ3n) is 7.83. The summed E-state index contributed by atoms with van der Waals surface area (Å²) in [4.78, 5) is 20.3. The number of hydrogen-bond acceptors (Lipinski definition) is 3. The number of carbonyl (C=O) groups is 1. The lowest BCUT2D eigenvalue weighted by Gasteiger charge is -2.51. The molecule has 1 saturated heterocycles. The zero-order chi connectivity index (χ0) is 23.6. The number of ether oxygens (including phenoxy) is 1. The Morgan fingerprint density at radius 3 is 2.03 bits per heavy atom. The molecule has 178 valence electrons. The number of carbonyl (C=O) groups excluding carboxylic acids is 1. The summed E-state index contributed by atoms with van der Waals surface area (Å²) in [5.41, 5.74) is 2.26. The van der Waals surface area contributed by atoms with Crippen LogP contribution in [0.4, 0.5) is 4.79 Å². The van der Waals surface area contributed by atoms with E-state index in [4.69, 9.17) is 4.74 Å². The molecule has 1 saturated carbocycles. The lowest BCUT2D eigenvalue weighted by molar-refractivity contribution is -0.0120. The molecule has 5 heteroatoms. The molecule has 1 aliphatic heterocycles. The maximum atomic E-state index is 13.8. The highest BCUT2D eigenvalue weighted by atomic mass is 16.5. The molecule has 2 aliphatic rings. The highest BCUT2D eigenvalue weighted by molar-refractivity contribution is 5.78. The van der Waals surface area contributed by atoms with Crippen molar-refractivity contribution in [2.24, 2.45) is 5.92 Å². The number of methoxy groups -OCH3 is 1. The molecule has 1 atom stereocenters. The fourth-order valence-electron chi connectivity index (χ4n) is 6.01. The predicted molar refractivity (Wildman–Crippen MR) is 133 cm³/mol. The Labute approximate surface area is 199 Å². The van der Waals surface area contributed by atoms with Crippen molar-refractivity contribution in [3.8, 4) is 0 Å². The largest absolute Gasteiger partial charge is 0.357 e. The van der Waals surface area contributed by atoms with Gasteiger partial charge in [-0.1, -0.05) is 74.5 Å². The van der Waals surface area contributed by atoms with E-state index in [1.165, 1.54) is 5.56 Å². The van der Waals surface area contributed by atoms with Gasteiger partial charge in [0, 0.05) is 31.3 Å². The fourth-order valence-corrected chi connectivity index (χ4v) is 6.01. The van der Waals surface area contributed by atoms with E-state index in [1.54, 1.807) is 7.11 Å². The molecule has 1 heterocycles. The van der Waals surface area contributed by atoms with E-state index in [1.807, 2.05) is 35.2 Å². The van der Waals surface area contributed by atoms with Crippen LogP contribution in [0.25, 0.3) is 0 Å². The van der Waals surface area contributed by atoms with Gasteiger partial charge in [0.1, 0.15) is 0 Å². The number of nitrogens with zero attached hydrogens (tertiary/aromatic N) is 3. The third kappa shape index (κ3) is 4.29. The molecule has 1 unspecified atom stereocenters. The predicted octanol–water partition coefficient (Wildman–Crippen LogP) is 5.50. The lowest BCUT2D eigenvalue weighted by atomic mass is 9.68. The quantitative estimate of drug-likeness (QED) is 0.560. The van der Waals surface area contributed by atoms with Crippen LogP contribution in [0.2, 0.25) is 0 Å². The second-order valence-electron chi connectivity index (χ2n) is 10.4. The van der Waals surface area contributed by atoms with E-state index in [2.05, 4.69) is 68.1 Å². The summed E-state index contributed by atoms with van der Waals surface area (Å²) < 4.78 is 5.90. The Kier molecular flexibility index (Phi) is 6.83. The van der Waals surface area contributed by atoms with Crippen molar-refractivity contribution >= 4 is 6.03 Å². The number of hydrogen-bond donors (Lipinski definition) is 0. The molecule has 1 spiro atoms. The molecular weight excluding hydrogens is 410 g/mol. The zero-order valence-electron chi connectivity index (χ0n) is 20.8. The van der Waals surface area contributed by atoms with E-state index < -0.39 is 0 Å². The minimum absolute atomic E-state index is 0.00651. The van der Waals surface area contributed by atoms with Crippen molar-refractivity contribution in [1.82, 2.24) is 14.7 Å². The Morgan fingerprint density at radius 2 is 1.52 bits per heavy atom. The summed E-state index contributed by atoms with van der Waals surface area (Å²) in [5, 5.41) is 0. The second-order valence-corrected chi connectivity index (χ2v) is 10.4. The van der Waals surface area contributed by atoms with Crippen molar-refractivity contribution in [1.29, 1.82) is 0 Å². The van der Waals surface area contributed by atoms with Crippen LogP contribution >= 0.6 is 0 Å². The molecule has 2 fully saturated rings.